The van der Waals surface area contributed by atoms with Gasteiger partial charge in [-0.1, -0.05) is 18.1 Å². The third-order valence-corrected chi connectivity index (χ3v) is 3.53. The molecule has 0 radical (unpaired) electrons. The number of pyridine rings is 1. The van der Waals surface area contributed by atoms with Gasteiger partial charge in [0.1, 0.15) is 5.69 Å². The number of nitrogens with zero attached hydrogens (tertiary/aromatic N) is 4. The van der Waals surface area contributed by atoms with Crippen molar-refractivity contribution in [2.24, 2.45) is 0 Å². The first-order chi connectivity index (χ1) is 9.78. The average molecular weight is 272 g/mol. The predicted molar refractivity (Wildman–Crippen MR) is 71.8 cm³/mol. The van der Waals surface area contributed by atoms with Crippen LogP contribution < -0.4 is 0 Å². The first-order valence-electron chi connectivity index (χ1n) is 6.80. The third-order valence-electron chi connectivity index (χ3n) is 3.53. The van der Waals surface area contributed by atoms with Gasteiger partial charge in [-0.3, -0.25) is 9.78 Å². The molecule has 104 valence electrons. The van der Waals surface area contributed by atoms with Crippen molar-refractivity contribution >= 4 is 5.91 Å². The Morgan fingerprint density at radius 1 is 1.50 bits per heavy atom. The largest absolute Gasteiger partial charge is 0.342 e. The highest BCUT2D eigenvalue weighted by Crippen LogP contribution is 2.27. The van der Waals surface area contributed by atoms with E-state index in [0.717, 1.165) is 13.0 Å². The third kappa shape index (κ3) is 2.41. The molecule has 0 N–H and O–H groups in total. The average Bonchev–Trinajstić information content (AvgIpc) is 3.16. The minimum Gasteiger partial charge on any atom is -0.342 e. The number of aromatic nitrogens is 3. The summed E-state index contributed by atoms with van der Waals surface area (Å²) in [4.78, 5) is 22.1. The molecular weight excluding hydrogens is 256 g/mol. The van der Waals surface area contributed by atoms with Gasteiger partial charge in [-0.2, -0.15) is 4.98 Å². The molecule has 1 fully saturated rings. The minimum absolute atomic E-state index is 0.135. The summed E-state index contributed by atoms with van der Waals surface area (Å²) in [6.07, 6.45) is 3.11. The van der Waals surface area contributed by atoms with Crippen LogP contribution in [0.4, 0.5) is 0 Å². The number of carbonyl (C=O) groups excluding carboxylic acids is 1. The molecule has 0 spiro atoms. The summed E-state index contributed by atoms with van der Waals surface area (Å²) >= 11 is 0. The highest BCUT2D eigenvalue weighted by Gasteiger charge is 2.30. The van der Waals surface area contributed by atoms with E-state index in [9.17, 15) is 4.79 Å². The van der Waals surface area contributed by atoms with Crippen LogP contribution in [0.5, 0.6) is 0 Å². The van der Waals surface area contributed by atoms with E-state index in [1.54, 1.807) is 6.20 Å². The van der Waals surface area contributed by atoms with Gasteiger partial charge in [0.05, 0.1) is 5.92 Å². The molecule has 0 bridgehead atoms. The highest BCUT2D eigenvalue weighted by molar-refractivity contribution is 5.76. The van der Waals surface area contributed by atoms with Gasteiger partial charge in [-0.05, 0) is 18.6 Å². The maximum absolute atomic E-state index is 11.7. The Kier molecular flexibility index (Phi) is 3.45. The molecule has 6 nitrogen and oxygen atoms in total. The van der Waals surface area contributed by atoms with Crippen LogP contribution in [0.25, 0.3) is 11.5 Å². The number of hydrogen-bond donors (Lipinski definition) is 0. The SMILES string of the molecule is CCC(=O)N1CC[C@@H](c2nc(-c3ccccn3)no2)C1. The smallest absolute Gasteiger partial charge is 0.231 e. The molecule has 1 aliphatic rings. The number of carbonyl (C=O) groups is 1. The van der Waals surface area contributed by atoms with Crippen LogP contribution in [0.1, 0.15) is 31.6 Å². The quantitative estimate of drug-likeness (QED) is 0.852. The summed E-state index contributed by atoms with van der Waals surface area (Å²) < 4.78 is 5.33. The van der Waals surface area contributed by atoms with E-state index in [2.05, 4.69) is 15.1 Å². The Morgan fingerprint density at radius 3 is 3.15 bits per heavy atom. The Labute approximate surface area is 116 Å². The lowest BCUT2D eigenvalue weighted by Gasteiger charge is -2.13. The normalized spacial score (nSPS) is 18.4. The summed E-state index contributed by atoms with van der Waals surface area (Å²) in [5.74, 6) is 1.41. The Morgan fingerprint density at radius 2 is 2.40 bits per heavy atom. The molecule has 0 saturated carbocycles. The Bertz CT molecular complexity index is 596. The van der Waals surface area contributed by atoms with Gasteiger partial charge in [0.15, 0.2) is 0 Å². The number of rotatable bonds is 3. The Hall–Kier alpha value is -2.24. The van der Waals surface area contributed by atoms with Crippen molar-refractivity contribution in [3.05, 3.63) is 30.3 Å². The number of likely N-dealkylation sites (tertiary alicyclic amines) is 1. The van der Waals surface area contributed by atoms with Gasteiger partial charge in [0.2, 0.25) is 17.6 Å². The molecule has 1 amide bonds. The lowest BCUT2D eigenvalue weighted by molar-refractivity contribution is -0.129. The molecule has 1 aliphatic heterocycles. The van der Waals surface area contributed by atoms with Crippen LogP contribution in [-0.4, -0.2) is 39.0 Å². The van der Waals surface area contributed by atoms with E-state index in [1.165, 1.54) is 0 Å². The van der Waals surface area contributed by atoms with Gasteiger partial charge in [-0.15, -0.1) is 0 Å². The van der Waals surface area contributed by atoms with E-state index >= 15 is 0 Å². The fraction of sp³-hybridized carbons (Fsp3) is 0.429. The molecule has 1 saturated heterocycles. The van der Waals surface area contributed by atoms with Crippen LogP contribution in [-0.2, 0) is 4.79 Å². The summed E-state index contributed by atoms with van der Waals surface area (Å²) in [5.41, 5.74) is 0.696. The van der Waals surface area contributed by atoms with Gasteiger partial charge in [-0.25, -0.2) is 0 Å². The first-order valence-corrected chi connectivity index (χ1v) is 6.80. The van der Waals surface area contributed by atoms with E-state index in [1.807, 2.05) is 30.0 Å². The first kappa shape index (κ1) is 12.8. The van der Waals surface area contributed by atoms with E-state index in [-0.39, 0.29) is 11.8 Å². The predicted octanol–water partition coefficient (Wildman–Crippen LogP) is 1.86. The monoisotopic (exact) mass is 272 g/mol. The second-order valence-electron chi connectivity index (χ2n) is 4.85. The number of amides is 1. The van der Waals surface area contributed by atoms with E-state index in [0.29, 0.717) is 30.4 Å². The summed E-state index contributed by atoms with van der Waals surface area (Å²) in [7, 11) is 0. The van der Waals surface area contributed by atoms with Crippen molar-refractivity contribution in [2.45, 2.75) is 25.7 Å². The van der Waals surface area contributed by atoms with Crippen molar-refractivity contribution in [1.29, 1.82) is 0 Å². The molecular formula is C14H16N4O2. The summed E-state index contributed by atoms with van der Waals surface area (Å²) in [6.45, 7) is 3.30. The highest BCUT2D eigenvalue weighted by atomic mass is 16.5. The van der Waals surface area contributed by atoms with Gasteiger partial charge in [0.25, 0.3) is 0 Å². The fourth-order valence-electron chi connectivity index (χ4n) is 2.41. The Balaban J connectivity index is 1.74. The minimum atomic E-state index is 0.135. The standard InChI is InChI=1S/C14H16N4O2/c1-2-12(19)18-8-6-10(9-18)14-16-13(17-20-14)11-5-3-4-7-15-11/h3-5,7,10H,2,6,8-9H2,1H3/t10-/m1/s1. The zero-order chi connectivity index (χ0) is 13.9. The molecule has 1 atom stereocenters. The van der Waals surface area contributed by atoms with Crippen molar-refractivity contribution < 1.29 is 9.32 Å². The molecule has 3 heterocycles. The molecule has 3 rings (SSSR count). The van der Waals surface area contributed by atoms with E-state index < -0.39 is 0 Å². The maximum Gasteiger partial charge on any atom is 0.231 e. The van der Waals surface area contributed by atoms with Crippen molar-refractivity contribution in [2.75, 3.05) is 13.1 Å². The molecule has 0 aliphatic carbocycles. The van der Waals surface area contributed by atoms with Crippen molar-refractivity contribution in [1.82, 2.24) is 20.0 Å². The van der Waals surface area contributed by atoms with Crippen molar-refractivity contribution in [3.8, 4) is 11.5 Å². The molecule has 6 heteroatoms. The number of hydrogen-bond acceptors (Lipinski definition) is 5. The molecule has 0 aromatic carbocycles. The van der Waals surface area contributed by atoms with Crippen LogP contribution in [0, 0.1) is 0 Å². The maximum atomic E-state index is 11.7. The summed E-state index contributed by atoms with van der Waals surface area (Å²) in [6, 6.07) is 5.57. The van der Waals surface area contributed by atoms with Gasteiger partial charge < -0.3 is 9.42 Å². The second kappa shape index (κ2) is 5.40. The second-order valence-corrected chi connectivity index (χ2v) is 4.85. The molecule has 2 aromatic rings. The van der Waals surface area contributed by atoms with Crippen LogP contribution >= 0.6 is 0 Å². The molecule has 2 aromatic heterocycles. The van der Waals surface area contributed by atoms with Crippen molar-refractivity contribution in [3.63, 3.8) is 0 Å². The molecule has 20 heavy (non-hydrogen) atoms. The van der Waals surface area contributed by atoms with Gasteiger partial charge in [0, 0.05) is 25.7 Å². The van der Waals surface area contributed by atoms with Crippen LogP contribution in [0.15, 0.2) is 28.9 Å². The lowest BCUT2D eigenvalue weighted by Crippen LogP contribution is -2.27. The lowest BCUT2D eigenvalue weighted by atomic mass is 10.1. The van der Waals surface area contributed by atoms with Crippen LogP contribution in [0.3, 0.4) is 0 Å². The zero-order valence-corrected chi connectivity index (χ0v) is 11.3. The summed E-state index contributed by atoms with van der Waals surface area (Å²) in [5, 5.41) is 3.97. The molecule has 0 unspecified atom stereocenters. The topological polar surface area (TPSA) is 72.1 Å². The van der Waals surface area contributed by atoms with Gasteiger partial charge >= 0.3 is 0 Å². The zero-order valence-electron chi connectivity index (χ0n) is 11.3. The van der Waals surface area contributed by atoms with E-state index in [4.69, 9.17) is 4.52 Å². The van der Waals surface area contributed by atoms with Crippen LogP contribution in [0.2, 0.25) is 0 Å². The fourth-order valence-corrected chi connectivity index (χ4v) is 2.41.